The number of carbonyl (C=O) groups excluding carboxylic acids is 1. The van der Waals surface area contributed by atoms with Gasteiger partial charge in [-0.1, -0.05) is 40.2 Å². The normalized spacial score (nSPS) is 12.2. The molecule has 0 aliphatic carbocycles. The SMILES string of the molecule is CCOC(=O)COCc1ccccc1C(C)Br. The fourth-order valence-corrected chi connectivity index (χ4v) is 1.95. The van der Waals surface area contributed by atoms with Crippen LogP contribution in [0.5, 0.6) is 0 Å². The number of ether oxygens (including phenoxy) is 2. The van der Waals surface area contributed by atoms with Gasteiger partial charge < -0.3 is 9.47 Å². The molecule has 0 radical (unpaired) electrons. The van der Waals surface area contributed by atoms with Crippen molar-refractivity contribution in [1.29, 1.82) is 0 Å². The predicted molar refractivity (Wildman–Crippen MR) is 70.1 cm³/mol. The van der Waals surface area contributed by atoms with E-state index in [1.54, 1.807) is 6.92 Å². The van der Waals surface area contributed by atoms with Gasteiger partial charge in [-0.3, -0.25) is 0 Å². The quantitative estimate of drug-likeness (QED) is 0.598. The number of alkyl halides is 1. The Morgan fingerprint density at radius 1 is 1.41 bits per heavy atom. The lowest BCUT2D eigenvalue weighted by Crippen LogP contribution is -2.12. The van der Waals surface area contributed by atoms with Crippen LogP contribution in [0, 0.1) is 0 Å². The van der Waals surface area contributed by atoms with E-state index >= 15 is 0 Å². The van der Waals surface area contributed by atoms with Gasteiger partial charge in [0.1, 0.15) is 6.61 Å². The highest BCUT2D eigenvalue weighted by atomic mass is 79.9. The van der Waals surface area contributed by atoms with Crippen molar-refractivity contribution >= 4 is 21.9 Å². The van der Waals surface area contributed by atoms with Gasteiger partial charge >= 0.3 is 5.97 Å². The average molecular weight is 301 g/mol. The summed E-state index contributed by atoms with van der Waals surface area (Å²) in [6, 6.07) is 7.99. The minimum Gasteiger partial charge on any atom is -0.464 e. The van der Waals surface area contributed by atoms with Crippen LogP contribution in [0.4, 0.5) is 0 Å². The first-order valence-electron chi connectivity index (χ1n) is 5.60. The zero-order chi connectivity index (χ0) is 12.7. The molecule has 1 aromatic carbocycles. The molecule has 0 amide bonds. The molecule has 0 aliphatic heterocycles. The van der Waals surface area contributed by atoms with Gasteiger partial charge in [0.2, 0.25) is 0 Å². The van der Waals surface area contributed by atoms with E-state index in [0.717, 1.165) is 5.56 Å². The predicted octanol–water partition coefficient (Wildman–Crippen LogP) is 3.22. The van der Waals surface area contributed by atoms with E-state index in [-0.39, 0.29) is 17.4 Å². The third kappa shape index (κ3) is 4.88. The number of esters is 1. The standard InChI is InChI=1S/C13H17BrO3/c1-3-17-13(15)9-16-8-11-6-4-5-7-12(11)10(2)14/h4-7,10H,3,8-9H2,1-2H3. The molecule has 1 atom stereocenters. The number of carbonyl (C=O) groups is 1. The number of rotatable bonds is 6. The van der Waals surface area contributed by atoms with E-state index < -0.39 is 0 Å². The van der Waals surface area contributed by atoms with Crippen LogP contribution < -0.4 is 0 Å². The summed E-state index contributed by atoms with van der Waals surface area (Å²) in [5.41, 5.74) is 2.26. The van der Waals surface area contributed by atoms with Gasteiger partial charge in [0, 0.05) is 4.83 Å². The Morgan fingerprint density at radius 3 is 2.76 bits per heavy atom. The summed E-state index contributed by atoms with van der Waals surface area (Å²) in [4.78, 5) is 11.4. The highest BCUT2D eigenvalue weighted by Crippen LogP contribution is 2.25. The van der Waals surface area contributed by atoms with E-state index in [2.05, 4.69) is 22.9 Å². The molecule has 4 heteroatoms. The Morgan fingerprint density at radius 2 is 2.12 bits per heavy atom. The summed E-state index contributed by atoms with van der Waals surface area (Å²) >= 11 is 3.53. The highest BCUT2D eigenvalue weighted by Gasteiger charge is 2.08. The van der Waals surface area contributed by atoms with Gasteiger partial charge in [0.05, 0.1) is 13.2 Å². The maximum atomic E-state index is 11.1. The second-order valence-electron chi connectivity index (χ2n) is 3.61. The van der Waals surface area contributed by atoms with Crippen LogP contribution >= 0.6 is 15.9 Å². The summed E-state index contributed by atoms with van der Waals surface area (Å²) in [5, 5.41) is 0. The van der Waals surface area contributed by atoms with Crippen molar-refractivity contribution in [3.8, 4) is 0 Å². The molecule has 0 aliphatic rings. The summed E-state index contributed by atoms with van der Waals surface area (Å²) in [6.45, 7) is 4.64. The fraction of sp³-hybridized carbons (Fsp3) is 0.462. The molecule has 0 heterocycles. The molecule has 1 unspecified atom stereocenters. The Hall–Kier alpha value is -0.870. The van der Waals surface area contributed by atoms with Crippen LogP contribution in [0.3, 0.4) is 0 Å². The zero-order valence-corrected chi connectivity index (χ0v) is 11.7. The minimum atomic E-state index is -0.322. The minimum absolute atomic E-state index is 0.00115. The van der Waals surface area contributed by atoms with Crippen LogP contribution in [-0.4, -0.2) is 19.2 Å². The molecule has 0 aromatic heterocycles. The first-order valence-corrected chi connectivity index (χ1v) is 6.52. The number of halogens is 1. The van der Waals surface area contributed by atoms with Crippen molar-refractivity contribution in [2.24, 2.45) is 0 Å². The Balaban J connectivity index is 2.49. The smallest absolute Gasteiger partial charge is 0.332 e. The number of hydrogen-bond donors (Lipinski definition) is 0. The van der Waals surface area contributed by atoms with Gasteiger partial charge in [-0.05, 0) is 25.0 Å². The van der Waals surface area contributed by atoms with Crippen LogP contribution in [0.15, 0.2) is 24.3 Å². The largest absolute Gasteiger partial charge is 0.464 e. The van der Waals surface area contributed by atoms with E-state index in [0.29, 0.717) is 13.2 Å². The van der Waals surface area contributed by atoms with Gasteiger partial charge in [-0.15, -0.1) is 0 Å². The topological polar surface area (TPSA) is 35.5 Å². The monoisotopic (exact) mass is 300 g/mol. The van der Waals surface area contributed by atoms with Crippen LogP contribution in [0.1, 0.15) is 29.8 Å². The van der Waals surface area contributed by atoms with E-state index in [4.69, 9.17) is 9.47 Å². The van der Waals surface area contributed by atoms with Crippen molar-refractivity contribution in [3.05, 3.63) is 35.4 Å². The van der Waals surface area contributed by atoms with Crippen LogP contribution in [-0.2, 0) is 20.9 Å². The number of benzene rings is 1. The molecule has 1 rings (SSSR count). The van der Waals surface area contributed by atoms with E-state index in [9.17, 15) is 4.79 Å². The Bertz CT molecular complexity index is 363. The first-order chi connectivity index (χ1) is 8.15. The molecular weight excluding hydrogens is 284 g/mol. The summed E-state index contributed by atoms with van der Waals surface area (Å²) in [5.74, 6) is -0.322. The number of hydrogen-bond acceptors (Lipinski definition) is 3. The molecule has 0 N–H and O–H groups in total. The molecule has 0 bridgehead atoms. The van der Waals surface area contributed by atoms with Crippen molar-refractivity contribution in [3.63, 3.8) is 0 Å². The summed E-state index contributed by atoms with van der Waals surface area (Å²) in [7, 11) is 0. The van der Waals surface area contributed by atoms with Gasteiger partial charge in [-0.2, -0.15) is 0 Å². The van der Waals surface area contributed by atoms with E-state index in [1.165, 1.54) is 5.56 Å². The van der Waals surface area contributed by atoms with Crippen LogP contribution in [0.25, 0.3) is 0 Å². The van der Waals surface area contributed by atoms with Crippen molar-refractivity contribution < 1.29 is 14.3 Å². The maximum Gasteiger partial charge on any atom is 0.332 e. The average Bonchev–Trinajstić information content (AvgIpc) is 2.30. The second kappa shape index (κ2) is 7.45. The van der Waals surface area contributed by atoms with Gasteiger partial charge in [-0.25, -0.2) is 4.79 Å². The molecular formula is C13H17BrO3. The van der Waals surface area contributed by atoms with Crippen molar-refractivity contribution in [2.45, 2.75) is 25.3 Å². The lowest BCUT2D eigenvalue weighted by molar-refractivity contribution is -0.148. The highest BCUT2D eigenvalue weighted by molar-refractivity contribution is 9.09. The second-order valence-corrected chi connectivity index (χ2v) is 4.99. The molecule has 94 valence electrons. The van der Waals surface area contributed by atoms with Crippen molar-refractivity contribution in [1.82, 2.24) is 0 Å². The van der Waals surface area contributed by atoms with E-state index in [1.807, 2.05) is 24.3 Å². The third-order valence-electron chi connectivity index (χ3n) is 2.27. The van der Waals surface area contributed by atoms with Gasteiger partial charge in [0.25, 0.3) is 0 Å². The Kier molecular flexibility index (Phi) is 6.22. The van der Waals surface area contributed by atoms with Crippen LogP contribution in [0.2, 0.25) is 0 Å². The molecule has 0 fully saturated rings. The maximum absolute atomic E-state index is 11.1. The third-order valence-corrected chi connectivity index (χ3v) is 2.76. The molecule has 0 spiro atoms. The molecule has 3 nitrogen and oxygen atoms in total. The van der Waals surface area contributed by atoms with Gasteiger partial charge in [0.15, 0.2) is 0 Å². The molecule has 1 aromatic rings. The zero-order valence-electron chi connectivity index (χ0n) is 10.1. The molecule has 0 saturated heterocycles. The fourth-order valence-electron chi connectivity index (χ4n) is 1.50. The van der Waals surface area contributed by atoms with Crippen molar-refractivity contribution in [2.75, 3.05) is 13.2 Å². The lowest BCUT2D eigenvalue weighted by atomic mass is 10.1. The summed E-state index contributed by atoms with van der Waals surface area (Å²) in [6.07, 6.45) is 0. The molecule has 17 heavy (non-hydrogen) atoms. The first kappa shape index (κ1) is 14.2. The lowest BCUT2D eigenvalue weighted by Gasteiger charge is -2.11. The molecule has 0 saturated carbocycles. The Labute approximate surface area is 110 Å². The summed E-state index contributed by atoms with van der Waals surface area (Å²) < 4.78 is 10.1.